The molecular weight excluding hydrogens is 366 g/mol. The maximum absolute atomic E-state index is 12.7. The molecule has 2 amide bonds. The van der Waals surface area contributed by atoms with Crippen molar-refractivity contribution in [1.82, 2.24) is 4.90 Å². The van der Waals surface area contributed by atoms with Gasteiger partial charge in [-0.05, 0) is 69.6 Å². The van der Waals surface area contributed by atoms with Crippen molar-refractivity contribution in [3.8, 4) is 0 Å². The molecule has 0 fully saturated rings. The van der Waals surface area contributed by atoms with Gasteiger partial charge in [0.1, 0.15) is 0 Å². The second-order valence-corrected chi connectivity index (χ2v) is 7.13. The molecule has 0 heterocycles. The minimum absolute atomic E-state index is 0.0231. The highest BCUT2D eigenvalue weighted by Gasteiger charge is 2.23. The van der Waals surface area contributed by atoms with Crippen LogP contribution < -0.4 is 10.6 Å². The van der Waals surface area contributed by atoms with Gasteiger partial charge in [-0.3, -0.25) is 19.3 Å². The van der Waals surface area contributed by atoms with E-state index in [4.69, 9.17) is 0 Å². The van der Waals surface area contributed by atoms with Gasteiger partial charge in [0.2, 0.25) is 11.8 Å². The molecule has 0 aromatic heterocycles. The smallest absolute Gasteiger partial charge is 0.241 e. The first-order valence-electron chi connectivity index (χ1n) is 9.83. The normalized spacial score (nSPS) is 11.8. The van der Waals surface area contributed by atoms with Gasteiger partial charge < -0.3 is 10.6 Å². The first kappa shape index (κ1) is 22.3. The van der Waals surface area contributed by atoms with E-state index in [9.17, 15) is 14.4 Å². The molecule has 2 rings (SSSR count). The van der Waals surface area contributed by atoms with E-state index in [0.717, 1.165) is 17.7 Å². The third kappa shape index (κ3) is 6.54. The Balaban J connectivity index is 2.00. The summed E-state index contributed by atoms with van der Waals surface area (Å²) < 4.78 is 0. The molecule has 1 unspecified atom stereocenters. The lowest BCUT2D eigenvalue weighted by atomic mass is 10.1. The zero-order valence-electron chi connectivity index (χ0n) is 17.5. The van der Waals surface area contributed by atoms with Gasteiger partial charge in [-0.1, -0.05) is 25.1 Å². The number of para-hydroxylation sites is 1. The standard InChI is InChI=1S/C23H29N3O3/c1-5-14-26(15-22(28)25-21-9-7-6-8-16(21)2)17(3)23(29)24-20-12-10-19(11-13-20)18(4)27/h6-13,17H,5,14-15H2,1-4H3,(H,24,29)(H,25,28). The zero-order chi connectivity index (χ0) is 21.4. The average Bonchev–Trinajstić information content (AvgIpc) is 2.69. The summed E-state index contributed by atoms with van der Waals surface area (Å²) >= 11 is 0. The number of aryl methyl sites for hydroxylation is 1. The van der Waals surface area contributed by atoms with E-state index < -0.39 is 6.04 Å². The Bertz CT molecular complexity index is 862. The molecule has 0 aliphatic carbocycles. The summed E-state index contributed by atoms with van der Waals surface area (Å²) in [6.45, 7) is 7.99. The van der Waals surface area contributed by atoms with E-state index in [1.54, 1.807) is 31.2 Å². The second kappa shape index (κ2) is 10.5. The Kier molecular flexibility index (Phi) is 8.09. The molecule has 0 aliphatic rings. The van der Waals surface area contributed by atoms with E-state index >= 15 is 0 Å². The van der Waals surface area contributed by atoms with Crippen molar-refractivity contribution in [2.45, 2.75) is 40.2 Å². The SMILES string of the molecule is CCCN(CC(=O)Nc1ccccc1C)C(C)C(=O)Nc1ccc(C(C)=O)cc1. The first-order chi connectivity index (χ1) is 13.8. The molecule has 2 aromatic carbocycles. The summed E-state index contributed by atoms with van der Waals surface area (Å²) in [7, 11) is 0. The van der Waals surface area contributed by atoms with Crippen LogP contribution in [0.2, 0.25) is 0 Å². The van der Waals surface area contributed by atoms with E-state index in [1.165, 1.54) is 6.92 Å². The minimum atomic E-state index is -0.481. The number of Topliss-reactive ketones (excluding diaryl/α,β-unsaturated/α-hetero) is 1. The average molecular weight is 396 g/mol. The van der Waals surface area contributed by atoms with Gasteiger partial charge in [0, 0.05) is 16.9 Å². The molecule has 29 heavy (non-hydrogen) atoms. The Labute approximate surface area is 172 Å². The molecule has 154 valence electrons. The molecule has 0 saturated carbocycles. The maximum Gasteiger partial charge on any atom is 0.241 e. The second-order valence-electron chi connectivity index (χ2n) is 7.13. The zero-order valence-corrected chi connectivity index (χ0v) is 17.5. The molecule has 0 radical (unpaired) electrons. The van der Waals surface area contributed by atoms with Gasteiger partial charge in [0.25, 0.3) is 0 Å². The lowest BCUT2D eigenvalue weighted by Gasteiger charge is -2.27. The van der Waals surface area contributed by atoms with Gasteiger partial charge >= 0.3 is 0 Å². The molecule has 6 heteroatoms. The topological polar surface area (TPSA) is 78.5 Å². The number of nitrogens with one attached hydrogen (secondary N) is 2. The van der Waals surface area contributed by atoms with E-state index in [1.807, 2.05) is 43.0 Å². The number of ketones is 1. The fourth-order valence-corrected chi connectivity index (χ4v) is 2.98. The van der Waals surface area contributed by atoms with Crippen LogP contribution in [0.4, 0.5) is 11.4 Å². The highest BCUT2D eigenvalue weighted by atomic mass is 16.2. The van der Waals surface area contributed by atoms with Crippen LogP contribution in [0.25, 0.3) is 0 Å². The predicted molar refractivity (Wildman–Crippen MR) is 116 cm³/mol. The van der Waals surface area contributed by atoms with E-state index in [0.29, 0.717) is 17.8 Å². The minimum Gasteiger partial charge on any atom is -0.325 e. The van der Waals surface area contributed by atoms with Crippen LogP contribution in [0.5, 0.6) is 0 Å². The van der Waals surface area contributed by atoms with Crippen LogP contribution in [-0.2, 0) is 9.59 Å². The Morgan fingerprint density at radius 3 is 2.24 bits per heavy atom. The van der Waals surface area contributed by atoms with Gasteiger partial charge in [-0.15, -0.1) is 0 Å². The fourth-order valence-electron chi connectivity index (χ4n) is 2.98. The first-order valence-corrected chi connectivity index (χ1v) is 9.83. The van der Waals surface area contributed by atoms with Crippen molar-refractivity contribution in [3.63, 3.8) is 0 Å². The molecule has 0 aliphatic heterocycles. The number of benzene rings is 2. The number of amides is 2. The Morgan fingerprint density at radius 1 is 1.00 bits per heavy atom. The lowest BCUT2D eigenvalue weighted by Crippen LogP contribution is -2.46. The number of rotatable bonds is 9. The van der Waals surface area contributed by atoms with Crippen LogP contribution in [0.3, 0.4) is 0 Å². The van der Waals surface area contributed by atoms with Crippen molar-refractivity contribution in [2.24, 2.45) is 0 Å². The molecule has 2 N–H and O–H groups in total. The highest BCUT2D eigenvalue weighted by molar-refractivity contribution is 5.98. The molecule has 2 aromatic rings. The molecule has 6 nitrogen and oxygen atoms in total. The monoisotopic (exact) mass is 395 g/mol. The summed E-state index contributed by atoms with van der Waals surface area (Å²) in [4.78, 5) is 38.4. The Morgan fingerprint density at radius 2 is 1.66 bits per heavy atom. The molecule has 0 spiro atoms. The van der Waals surface area contributed by atoms with Crippen molar-refractivity contribution < 1.29 is 14.4 Å². The van der Waals surface area contributed by atoms with Crippen molar-refractivity contribution in [2.75, 3.05) is 23.7 Å². The van der Waals surface area contributed by atoms with Crippen LogP contribution in [0.1, 0.15) is 43.1 Å². The van der Waals surface area contributed by atoms with Crippen LogP contribution in [-0.4, -0.2) is 41.6 Å². The number of anilines is 2. The largest absolute Gasteiger partial charge is 0.325 e. The van der Waals surface area contributed by atoms with Crippen LogP contribution >= 0.6 is 0 Å². The van der Waals surface area contributed by atoms with Crippen molar-refractivity contribution in [1.29, 1.82) is 0 Å². The van der Waals surface area contributed by atoms with Gasteiger partial charge in [0.15, 0.2) is 5.78 Å². The number of carbonyl (C=O) groups excluding carboxylic acids is 3. The molecule has 0 bridgehead atoms. The Hall–Kier alpha value is -2.99. The number of hydrogen-bond acceptors (Lipinski definition) is 4. The fraction of sp³-hybridized carbons (Fsp3) is 0.348. The van der Waals surface area contributed by atoms with Crippen molar-refractivity contribution in [3.05, 3.63) is 59.7 Å². The molecular formula is C23H29N3O3. The van der Waals surface area contributed by atoms with E-state index in [2.05, 4.69) is 10.6 Å². The lowest BCUT2D eigenvalue weighted by molar-refractivity contribution is -0.123. The summed E-state index contributed by atoms with van der Waals surface area (Å²) in [5.41, 5.74) is 2.98. The van der Waals surface area contributed by atoms with Gasteiger partial charge in [0.05, 0.1) is 12.6 Å². The quantitative estimate of drug-likeness (QED) is 0.632. The molecule has 1 atom stereocenters. The summed E-state index contributed by atoms with van der Waals surface area (Å²) in [6, 6.07) is 13.9. The van der Waals surface area contributed by atoms with Crippen LogP contribution in [0, 0.1) is 6.92 Å². The number of nitrogens with zero attached hydrogens (tertiary/aromatic N) is 1. The highest BCUT2D eigenvalue weighted by Crippen LogP contribution is 2.14. The molecule has 0 saturated heterocycles. The van der Waals surface area contributed by atoms with E-state index in [-0.39, 0.29) is 24.1 Å². The van der Waals surface area contributed by atoms with Gasteiger partial charge in [-0.2, -0.15) is 0 Å². The summed E-state index contributed by atoms with van der Waals surface area (Å²) in [6.07, 6.45) is 0.822. The predicted octanol–water partition coefficient (Wildman–Crippen LogP) is 3.88. The number of hydrogen-bond donors (Lipinski definition) is 2. The van der Waals surface area contributed by atoms with Crippen LogP contribution in [0.15, 0.2) is 48.5 Å². The maximum atomic E-state index is 12.7. The third-order valence-corrected chi connectivity index (χ3v) is 4.76. The third-order valence-electron chi connectivity index (χ3n) is 4.76. The summed E-state index contributed by atoms with van der Waals surface area (Å²) in [5, 5.41) is 5.77. The van der Waals surface area contributed by atoms with Gasteiger partial charge in [-0.25, -0.2) is 0 Å². The summed E-state index contributed by atoms with van der Waals surface area (Å²) in [5.74, 6) is -0.374. The van der Waals surface area contributed by atoms with Crippen molar-refractivity contribution >= 4 is 29.0 Å². The number of carbonyl (C=O) groups is 3.